The van der Waals surface area contributed by atoms with Crippen molar-refractivity contribution >= 4 is 0 Å². The summed E-state index contributed by atoms with van der Waals surface area (Å²) in [6, 6.07) is 3.06. The summed E-state index contributed by atoms with van der Waals surface area (Å²) in [6.07, 6.45) is 7.78. The zero-order chi connectivity index (χ0) is 10.7. The fraction of sp³-hybridized carbons (Fsp3) is 0.615. The maximum Gasteiger partial charge on any atom is 0.0300 e. The number of hydrogen-bond donors (Lipinski definition) is 1. The van der Waals surface area contributed by atoms with Crippen molar-refractivity contribution in [3.05, 3.63) is 29.6 Å². The maximum atomic E-state index is 4.22. The molecule has 0 radical (unpaired) electrons. The van der Waals surface area contributed by atoms with Crippen LogP contribution in [0, 0.1) is 12.8 Å². The number of aryl methyl sites for hydroxylation is 1. The number of hydrogen-bond acceptors (Lipinski definition) is 2. The molecule has 0 spiro atoms. The predicted molar refractivity (Wildman–Crippen MR) is 62.9 cm³/mol. The highest BCUT2D eigenvalue weighted by Crippen LogP contribution is 2.19. The predicted octanol–water partition coefficient (Wildman–Crippen LogP) is 2.32. The van der Waals surface area contributed by atoms with Gasteiger partial charge in [0.25, 0.3) is 0 Å². The Balaban J connectivity index is 1.79. The normalized spacial score (nSPS) is 17.7. The molecule has 0 amide bonds. The van der Waals surface area contributed by atoms with Crippen LogP contribution >= 0.6 is 0 Å². The van der Waals surface area contributed by atoms with Gasteiger partial charge in [0, 0.05) is 18.4 Å². The van der Waals surface area contributed by atoms with Crippen molar-refractivity contribution in [1.82, 2.24) is 10.3 Å². The van der Waals surface area contributed by atoms with Gasteiger partial charge in [-0.2, -0.15) is 0 Å². The van der Waals surface area contributed by atoms with Crippen LogP contribution in [0.4, 0.5) is 0 Å². The largest absolute Gasteiger partial charge is 0.314 e. The van der Waals surface area contributed by atoms with E-state index in [9.17, 15) is 0 Å². The lowest BCUT2D eigenvalue weighted by molar-refractivity contribution is 0.508. The van der Waals surface area contributed by atoms with Crippen LogP contribution < -0.4 is 5.32 Å². The number of aromatic nitrogens is 1. The molecule has 2 heteroatoms. The SMILES string of the molecule is Cc1cncc(CC(C)CNC2CC2)c1. The summed E-state index contributed by atoms with van der Waals surface area (Å²) < 4.78 is 0. The van der Waals surface area contributed by atoms with Gasteiger partial charge < -0.3 is 5.32 Å². The lowest BCUT2D eigenvalue weighted by atomic mass is 10.0. The summed E-state index contributed by atoms with van der Waals surface area (Å²) in [7, 11) is 0. The summed E-state index contributed by atoms with van der Waals surface area (Å²) in [6.45, 7) is 5.54. The molecular formula is C13H20N2. The third-order valence-corrected chi connectivity index (χ3v) is 2.85. The molecule has 1 heterocycles. The fourth-order valence-corrected chi connectivity index (χ4v) is 1.86. The third-order valence-electron chi connectivity index (χ3n) is 2.85. The molecular weight excluding hydrogens is 184 g/mol. The molecule has 82 valence electrons. The van der Waals surface area contributed by atoms with Gasteiger partial charge in [-0.3, -0.25) is 4.98 Å². The molecule has 0 saturated heterocycles. The highest BCUT2D eigenvalue weighted by molar-refractivity contribution is 5.17. The van der Waals surface area contributed by atoms with Gasteiger partial charge in [0.2, 0.25) is 0 Å². The van der Waals surface area contributed by atoms with Crippen molar-refractivity contribution in [3.8, 4) is 0 Å². The number of nitrogens with one attached hydrogen (secondary N) is 1. The van der Waals surface area contributed by atoms with Crippen LogP contribution in [0.1, 0.15) is 30.9 Å². The summed E-state index contributed by atoms with van der Waals surface area (Å²) in [4.78, 5) is 4.22. The van der Waals surface area contributed by atoms with Gasteiger partial charge in [0.1, 0.15) is 0 Å². The Kier molecular flexibility index (Phi) is 3.37. The quantitative estimate of drug-likeness (QED) is 0.796. The second kappa shape index (κ2) is 4.75. The molecule has 2 nitrogen and oxygen atoms in total. The smallest absolute Gasteiger partial charge is 0.0300 e. The zero-order valence-electron chi connectivity index (χ0n) is 9.66. The fourth-order valence-electron chi connectivity index (χ4n) is 1.86. The van der Waals surface area contributed by atoms with Crippen LogP contribution in [0.3, 0.4) is 0 Å². The Morgan fingerprint density at radius 1 is 1.47 bits per heavy atom. The lowest BCUT2D eigenvalue weighted by Gasteiger charge is -2.12. The molecule has 15 heavy (non-hydrogen) atoms. The molecule has 0 aromatic carbocycles. The van der Waals surface area contributed by atoms with Crippen molar-refractivity contribution in [2.45, 2.75) is 39.2 Å². The third kappa shape index (κ3) is 3.63. The molecule has 1 aromatic rings. The van der Waals surface area contributed by atoms with Crippen molar-refractivity contribution in [2.24, 2.45) is 5.92 Å². The van der Waals surface area contributed by atoms with Gasteiger partial charge in [-0.1, -0.05) is 13.0 Å². The molecule has 1 aliphatic carbocycles. The number of rotatable bonds is 5. The van der Waals surface area contributed by atoms with E-state index in [2.05, 4.69) is 30.2 Å². The molecule has 1 aromatic heterocycles. The molecule has 1 atom stereocenters. The van der Waals surface area contributed by atoms with Gasteiger partial charge in [0.05, 0.1) is 0 Å². The van der Waals surface area contributed by atoms with Crippen molar-refractivity contribution in [1.29, 1.82) is 0 Å². The standard InChI is InChI=1S/C13H20N2/c1-10-5-12(9-14-7-10)6-11(2)8-15-13-3-4-13/h5,7,9,11,13,15H,3-4,6,8H2,1-2H3. The van der Waals surface area contributed by atoms with Gasteiger partial charge in [-0.05, 0) is 49.8 Å². The van der Waals surface area contributed by atoms with Gasteiger partial charge >= 0.3 is 0 Å². The molecule has 1 unspecified atom stereocenters. The van der Waals surface area contributed by atoms with Crippen LogP contribution in [0.25, 0.3) is 0 Å². The summed E-state index contributed by atoms with van der Waals surface area (Å²) in [5.41, 5.74) is 2.62. The molecule has 1 saturated carbocycles. The Bertz CT molecular complexity index is 318. The van der Waals surface area contributed by atoms with E-state index >= 15 is 0 Å². The van der Waals surface area contributed by atoms with Gasteiger partial charge in [0.15, 0.2) is 0 Å². The Morgan fingerprint density at radius 2 is 2.27 bits per heavy atom. The maximum absolute atomic E-state index is 4.22. The molecule has 1 aliphatic rings. The molecule has 0 bridgehead atoms. The van der Waals surface area contributed by atoms with E-state index in [4.69, 9.17) is 0 Å². The topological polar surface area (TPSA) is 24.9 Å². The van der Waals surface area contributed by atoms with Crippen LogP contribution in [-0.2, 0) is 6.42 Å². The Labute approximate surface area is 92.1 Å². The molecule has 0 aliphatic heterocycles. The van der Waals surface area contributed by atoms with Crippen LogP contribution in [0.2, 0.25) is 0 Å². The summed E-state index contributed by atoms with van der Waals surface area (Å²) in [5.74, 6) is 0.703. The van der Waals surface area contributed by atoms with Crippen molar-refractivity contribution in [3.63, 3.8) is 0 Å². The zero-order valence-corrected chi connectivity index (χ0v) is 9.66. The first kappa shape index (κ1) is 10.6. The Morgan fingerprint density at radius 3 is 2.93 bits per heavy atom. The first-order valence-electron chi connectivity index (χ1n) is 5.88. The van der Waals surface area contributed by atoms with Crippen molar-refractivity contribution in [2.75, 3.05) is 6.54 Å². The lowest BCUT2D eigenvalue weighted by Crippen LogP contribution is -2.24. The van der Waals surface area contributed by atoms with Crippen LogP contribution in [-0.4, -0.2) is 17.6 Å². The first-order chi connectivity index (χ1) is 7.24. The van der Waals surface area contributed by atoms with Gasteiger partial charge in [-0.25, -0.2) is 0 Å². The highest BCUT2D eigenvalue weighted by atomic mass is 14.9. The van der Waals surface area contributed by atoms with E-state index in [1.54, 1.807) is 0 Å². The van der Waals surface area contributed by atoms with E-state index in [0.29, 0.717) is 5.92 Å². The highest BCUT2D eigenvalue weighted by Gasteiger charge is 2.20. The average molecular weight is 204 g/mol. The first-order valence-corrected chi connectivity index (χ1v) is 5.88. The van der Waals surface area contributed by atoms with Crippen molar-refractivity contribution < 1.29 is 0 Å². The van der Waals surface area contributed by atoms with E-state index in [-0.39, 0.29) is 0 Å². The van der Waals surface area contributed by atoms with Crippen LogP contribution in [0.15, 0.2) is 18.5 Å². The number of pyridine rings is 1. The minimum absolute atomic E-state index is 0.703. The van der Waals surface area contributed by atoms with E-state index in [1.807, 2.05) is 12.4 Å². The van der Waals surface area contributed by atoms with E-state index in [0.717, 1.165) is 19.0 Å². The Hall–Kier alpha value is -0.890. The molecule has 1 N–H and O–H groups in total. The minimum atomic E-state index is 0.703. The number of nitrogens with zero attached hydrogens (tertiary/aromatic N) is 1. The second-order valence-electron chi connectivity index (χ2n) is 4.86. The molecule has 1 fully saturated rings. The summed E-state index contributed by atoms with van der Waals surface area (Å²) in [5, 5.41) is 3.57. The average Bonchev–Trinajstić information content (AvgIpc) is 2.98. The van der Waals surface area contributed by atoms with E-state index < -0.39 is 0 Å². The minimum Gasteiger partial charge on any atom is -0.314 e. The van der Waals surface area contributed by atoms with Crippen LogP contribution in [0.5, 0.6) is 0 Å². The molecule has 2 rings (SSSR count). The second-order valence-corrected chi connectivity index (χ2v) is 4.86. The summed E-state index contributed by atoms with van der Waals surface area (Å²) >= 11 is 0. The monoisotopic (exact) mass is 204 g/mol. The van der Waals surface area contributed by atoms with Gasteiger partial charge in [-0.15, -0.1) is 0 Å². The van der Waals surface area contributed by atoms with E-state index in [1.165, 1.54) is 24.0 Å².